The Kier molecular flexibility index (Phi) is 5.09. The van der Waals surface area contributed by atoms with Crippen molar-refractivity contribution in [3.63, 3.8) is 0 Å². The number of hydrogen-bond acceptors (Lipinski definition) is 5. The number of nitrogens with one attached hydrogen (secondary N) is 1. The van der Waals surface area contributed by atoms with Crippen molar-refractivity contribution in [3.05, 3.63) is 47.8 Å². The van der Waals surface area contributed by atoms with Crippen LogP contribution in [0.4, 0.5) is 5.95 Å². The fraction of sp³-hybridized carbons (Fsp3) is 0.267. The van der Waals surface area contributed by atoms with Gasteiger partial charge >= 0.3 is 5.97 Å². The van der Waals surface area contributed by atoms with Gasteiger partial charge in [-0.05, 0) is 31.5 Å². The fourth-order valence-electron chi connectivity index (χ4n) is 1.74. The molecule has 1 heterocycles. The minimum Gasteiger partial charge on any atom is -0.494 e. The molecule has 0 unspecified atom stereocenters. The van der Waals surface area contributed by atoms with Crippen LogP contribution in [0.5, 0.6) is 5.75 Å². The molecule has 0 saturated carbocycles. The minimum atomic E-state index is -1.06. The Morgan fingerprint density at radius 3 is 2.76 bits per heavy atom. The van der Waals surface area contributed by atoms with Crippen molar-refractivity contribution in [2.75, 3.05) is 18.5 Å². The van der Waals surface area contributed by atoms with Gasteiger partial charge in [0.2, 0.25) is 5.95 Å². The number of carboxylic acid groups (broad SMARTS) is 1. The summed E-state index contributed by atoms with van der Waals surface area (Å²) in [7, 11) is 0. The molecule has 0 aliphatic heterocycles. The normalized spacial score (nSPS) is 10.1. The SMILES string of the molecule is Cc1cc(C(=O)O)nc(NCCCOc2ccccc2)n1. The lowest BCUT2D eigenvalue weighted by atomic mass is 10.3. The maximum atomic E-state index is 10.9. The molecule has 110 valence electrons. The van der Waals surface area contributed by atoms with Crippen molar-refractivity contribution in [3.8, 4) is 5.75 Å². The molecule has 2 aromatic rings. The van der Waals surface area contributed by atoms with Crippen LogP contribution in [-0.4, -0.2) is 34.2 Å². The first-order valence-electron chi connectivity index (χ1n) is 6.66. The molecule has 0 bridgehead atoms. The summed E-state index contributed by atoms with van der Waals surface area (Å²) in [4.78, 5) is 19.0. The van der Waals surface area contributed by atoms with Crippen molar-refractivity contribution in [1.82, 2.24) is 9.97 Å². The van der Waals surface area contributed by atoms with Crippen LogP contribution in [0.15, 0.2) is 36.4 Å². The highest BCUT2D eigenvalue weighted by Crippen LogP contribution is 2.09. The van der Waals surface area contributed by atoms with Crippen LogP contribution in [0, 0.1) is 6.92 Å². The summed E-state index contributed by atoms with van der Waals surface area (Å²) in [5, 5.41) is 11.9. The summed E-state index contributed by atoms with van der Waals surface area (Å²) in [5.74, 6) is 0.0977. The topological polar surface area (TPSA) is 84.3 Å². The molecule has 0 amide bonds. The lowest BCUT2D eigenvalue weighted by Crippen LogP contribution is -2.12. The third kappa shape index (κ3) is 4.76. The number of rotatable bonds is 7. The van der Waals surface area contributed by atoms with Crippen LogP contribution in [0.1, 0.15) is 22.6 Å². The van der Waals surface area contributed by atoms with Gasteiger partial charge < -0.3 is 15.2 Å². The Labute approximate surface area is 122 Å². The smallest absolute Gasteiger partial charge is 0.354 e. The number of carbonyl (C=O) groups is 1. The van der Waals surface area contributed by atoms with E-state index in [0.29, 0.717) is 24.8 Å². The van der Waals surface area contributed by atoms with Crippen molar-refractivity contribution < 1.29 is 14.6 Å². The van der Waals surface area contributed by atoms with E-state index < -0.39 is 5.97 Å². The van der Waals surface area contributed by atoms with E-state index in [-0.39, 0.29) is 5.69 Å². The van der Waals surface area contributed by atoms with Crippen LogP contribution < -0.4 is 10.1 Å². The van der Waals surface area contributed by atoms with Crippen molar-refractivity contribution in [1.29, 1.82) is 0 Å². The van der Waals surface area contributed by atoms with E-state index in [9.17, 15) is 4.79 Å². The Balaban J connectivity index is 1.77. The number of ether oxygens (including phenoxy) is 1. The lowest BCUT2D eigenvalue weighted by Gasteiger charge is -2.08. The summed E-state index contributed by atoms with van der Waals surface area (Å²) in [5.41, 5.74) is 0.607. The summed E-state index contributed by atoms with van der Waals surface area (Å²) < 4.78 is 5.55. The molecule has 0 aliphatic rings. The monoisotopic (exact) mass is 287 g/mol. The zero-order valence-corrected chi connectivity index (χ0v) is 11.7. The number of benzene rings is 1. The molecule has 0 atom stereocenters. The third-order valence-corrected chi connectivity index (χ3v) is 2.69. The zero-order valence-electron chi connectivity index (χ0n) is 11.7. The average molecular weight is 287 g/mol. The summed E-state index contributed by atoms with van der Waals surface area (Å²) >= 11 is 0. The average Bonchev–Trinajstić information content (AvgIpc) is 2.47. The fourth-order valence-corrected chi connectivity index (χ4v) is 1.74. The van der Waals surface area contributed by atoms with Gasteiger partial charge in [0.05, 0.1) is 6.61 Å². The molecule has 0 saturated heterocycles. The molecule has 2 N–H and O–H groups in total. The molecule has 0 spiro atoms. The number of aryl methyl sites for hydroxylation is 1. The number of carboxylic acids is 1. The number of nitrogens with zero attached hydrogens (tertiary/aromatic N) is 2. The van der Waals surface area contributed by atoms with E-state index in [0.717, 1.165) is 12.2 Å². The molecular weight excluding hydrogens is 270 g/mol. The molecule has 1 aromatic carbocycles. The molecule has 1 aromatic heterocycles. The highest BCUT2D eigenvalue weighted by atomic mass is 16.5. The lowest BCUT2D eigenvalue weighted by molar-refractivity contribution is 0.0690. The van der Waals surface area contributed by atoms with Gasteiger partial charge in [-0.1, -0.05) is 18.2 Å². The summed E-state index contributed by atoms with van der Waals surface area (Å²) in [6.07, 6.45) is 0.759. The van der Waals surface area contributed by atoms with Crippen LogP contribution in [-0.2, 0) is 0 Å². The van der Waals surface area contributed by atoms with Gasteiger partial charge in [0, 0.05) is 12.2 Å². The van der Waals surface area contributed by atoms with E-state index in [1.807, 2.05) is 30.3 Å². The quantitative estimate of drug-likeness (QED) is 0.760. The molecule has 6 heteroatoms. The predicted octanol–water partition coefficient (Wildman–Crippen LogP) is 2.36. The van der Waals surface area contributed by atoms with Gasteiger partial charge in [-0.2, -0.15) is 0 Å². The first-order chi connectivity index (χ1) is 10.1. The van der Waals surface area contributed by atoms with Crippen LogP contribution >= 0.6 is 0 Å². The third-order valence-electron chi connectivity index (χ3n) is 2.69. The van der Waals surface area contributed by atoms with Crippen LogP contribution in [0.3, 0.4) is 0 Å². The van der Waals surface area contributed by atoms with Crippen LogP contribution in [0.25, 0.3) is 0 Å². The maximum Gasteiger partial charge on any atom is 0.354 e. The molecule has 21 heavy (non-hydrogen) atoms. The van der Waals surface area contributed by atoms with Gasteiger partial charge in [0.1, 0.15) is 5.75 Å². The Morgan fingerprint density at radius 2 is 2.05 bits per heavy atom. The van der Waals surface area contributed by atoms with Gasteiger partial charge in [0.15, 0.2) is 5.69 Å². The van der Waals surface area contributed by atoms with E-state index in [2.05, 4.69) is 15.3 Å². The first kappa shape index (κ1) is 14.8. The summed E-state index contributed by atoms with van der Waals surface area (Å²) in [6.45, 7) is 2.90. The largest absolute Gasteiger partial charge is 0.494 e. The summed E-state index contributed by atoms with van der Waals surface area (Å²) in [6, 6.07) is 11.0. The minimum absolute atomic E-state index is 0.00876. The second-order valence-corrected chi connectivity index (χ2v) is 4.47. The molecule has 0 aliphatic carbocycles. The van der Waals surface area contributed by atoms with E-state index in [1.54, 1.807) is 6.92 Å². The molecule has 2 rings (SSSR count). The maximum absolute atomic E-state index is 10.9. The van der Waals surface area contributed by atoms with Crippen molar-refractivity contribution in [2.24, 2.45) is 0 Å². The van der Waals surface area contributed by atoms with E-state index in [1.165, 1.54) is 6.07 Å². The van der Waals surface area contributed by atoms with Gasteiger partial charge in [-0.15, -0.1) is 0 Å². The van der Waals surface area contributed by atoms with E-state index in [4.69, 9.17) is 9.84 Å². The number of aromatic nitrogens is 2. The van der Waals surface area contributed by atoms with E-state index >= 15 is 0 Å². The highest BCUT2D eigenvalue weighted by molar-refractivity contribution is 5.85. The van der Waals surface area contributed by atoms with Crippen molar-refractivity contribution in [2.45, 2.75) is 13.3 Å². The molecule has 0 fully saturated rings. The number of aromatic carboxylic acids is 1. The standard InChI is InChI=1S/C15H17N3O3/c1-11-10-13(14(19)20)18-15(17-11)16-8-5-9-21-12-6-3-2-4-7-12/h2-4,6-7,10H,5,8-9H2,1H3,(H,19,20)(H,16,17,18). The number of hydrogen-bond donors (Lipinski definition) is 2. The Hall–Kier alpha value is -2.63. The Morgan fingerprint density at radius 1 is 1.29 bits per heavy atom. The second kappa shape index (κ2) is 7.23. The highest BCUT2D eigenvalue weighted by Gasteiger charge is 2.08. The van der Waals surface area contributed by atoms with Gasteiger partial charge in [-0.3, -0.25) is 0 Å². The Bertz CT molecular complexity index is 602. The van der Waals surface area contributed by atoms with Crippen LogP contribution in [0.2, 0.25) is 0 Å². The molecule has 0 radical (unpaired) electrons. The first-order valence-corrected chi connectivity index (χ1v) is 6.66. The van der Waals surface area contributed by atoms with Gasteiger partial charge in [0.25, 0.3) is 0 Å². The van der Waals surface area contributed by atoms with Gasteiger partial charge in [-0.25, -0.2) is 14.8 Å². The molecule has 6 nitrogen and oxygen atoms in total. The molecular formula is C15H17N3O3. The predicted molar refractivity (Wildman–Crippen MR) is 78.8 cm³/mol. The van der Waals surface area contributed by atoms with Crippen molar-refractivity contribution >= 4 is 11.9 Å². The second-order valence-electron chi connectivity index (χ2n) is 4.47. The number of para-hydroxylation sites is 1. The number of anilines is 1. The zero-order chi connectivity index (χ0) is 15.1.